The molecule has 0 amide bonds. The number of benzene rings is 1. The highest BCUT2D eigenvalue weighted by Gasteiger charge is 2.19. The van der Waals surface area contributed by atoms with Crippen molar-refractivity contribution in [1.82, 2.24) is 5.32 Å². The quantitative estimate of drug-likeness (QED) is 0.811. The molecular formula is C16H24ClNO3. The maximum Gasteiger partial charge on any atom is 0.0897 e. The van der Waals surface area contributed by atoms with Gasteiger partial charge >= 0.3 is 0 Å². The van der Waals surface area contributed by atoms with Crippen LogP contribution < -0.4 is 5.32 Å². The van der Waals surface area contributed by atoms with Gasteiger partial charge in [-0.15, -0.1) is 0 Å². The topological polar surface area (TPSA) is 50.7 Å². The van der Waals surface area contributed by atoms with E-state index in [4.69, 9.17) is 21.1 Å². The standard InChI is InChI=1S/C16H24ClNO3/c1-12-8-15(6-7-21-12)18-9-16(19)11-20-10-13-2-4-14(17)5-3-13/h2-5,12,15-16,18-19H,6-11H2,1H3. The summed E-state index contributed by atoms with van der Waals surface area (Å²) < 4.78 is 11.0. The zero-order valence-electron chi connectivity index (χ0n) is 12.4. The van der Waals surface area contributed by atoms with Gasteiger partial charge in [-0.2, -0.15) is 0 Å². The molecule has 1 aromatic carbocycles. The minimum atomic E-state index is -0.490. The first kappa shape index (κ1) is 16.7. The highest BCUT2D eigenvalue weighted by molar-refractivity contribution is 6.30. The summed E-state index contributed by atoms with van der Waals surface area (Å²) in [4.78, 5) is 0. The van der Waals surface area contributed by atoms with E-state index in [1.807, 2.05) is 24.3 Å². The van der Waals surface area contributed by atoms with E-state index in [1.54, 1.807) is 0 Å². The number of aliphatic hydroxyl groups is 1. The smallest absolute Gasteiger partial charge is 0.0897 e. The third kappa shape index (κ3) is 6.32. The van der Waals surface area contributed by atoms with E-state index in [1.165, 1.54) is 0 Å². The third-order valence-corrected chi connectivity index (χ3v) is 3.87. The Labute approximate surface area is 131 Å². The number of aliphatic hydroxyl groups excluding tert-OH is 1. The molecule has 1 saturated heterocycles. The van der Waals surface area contributed by atoms with Crippen LogP contribution in [0.15, 0.2) is 24.3 Å². The van der Waals surface area contributed by atoms with Crippen LogP contribution in [0.2, 0.25) is 5.02 Å². The summed E-state index contributed by atoms with van der Waals surface area (Å²) in [6.07, 6.45) is 1.81. The average molecular weight is 314 g/mol. The van der Waals surface area contributed by atoms with Gasteiger partial charge in [-0.25, -0.2) is 0 Å². The summed E-state index contributed by atoms with van der Waals surface area (Å²) in [6, 6.07) is 7.96. The first-order valence-corrected chi connectivity index (χ1v) is 7.86. The normalized spacial score (nSPS) is 24.0. The third-order valence-electron chi connectivity index (χ3n) is 3.62. The van der Waals surface area contributed by atoms with E-state index in [9.17, 15) is 5.11 Å². The van der Waals surface area contributed by atoms with E-state index in [-0.39, 0.29) is 0 Å². The molecule has 1 fully saturated rings. The fraction of sp³-hybridized carbons (Fsp3) is 0.625. The molecule has 0 radical (unpaired) electrons. The zero-order chi connectivity index (χ0) is 15.1. The van der Waals surface area contributed by atoms with Crippen LogP contribution in [0.25, 0.3) is 0 Å². The number of halogens is 1. The predicted molar refractivity (Wildman–Crippen MR) is 83.6 cm³/mol. The van der Waals surface area contributed by atoms with Gasteiger partial charge in [0.05, 0.1) is 25.4 Å². The summed E-state index contributed by atoms with van der Waals surface area (Å²) in [7, 11) is 0. The van der Waals surface area contributed by atoms with Crippen molar-refractivity contribution >= 4 is 11.6 Å². The molecule has 0 saturated carbocycles. The first-order chi connectivity index (χ1) is 10.1. The molecule has 21 heavy (non-hydrogen) atoms. The second-order valence-electron chi connectivity index (χ2n) is 5.61. The Kier molecular flexibility index (Phi) is 6.93. The van der Waals surface area contributed by atoms with Crippen LogP contribution in [0.1, 0.15) is 25.3 Å². The molecule has 2 N–H and O–H groups in total. The molecule has 0 aromatic heterocycles. The second-order valence-corrected chi connectivity index (χ2v) is 6.04. The van der Waals surface area contributed by atoms with E-state index < -0.39 is 6.10 Å². The van der Waals surface area contributed by atoms with Crippen LogP contribution in [0.5, 0.6) is 0 Å². The van der Waals surface area contributed by atoms with Gasteiger partial charge in [-0.05, 0) is 37.5 Å². The van der Waals surface area contributed by atoms with Crippen molar-refractivity contribution in [3.05, 3.63) is 34.9 Å². The van der Waals surface area contributed by atoms with Gasteiger partial charge in [0.25, 0.3) is 0 Å². The van der Waals surface area contributed by atoms with Crippen molar-refractivity contribution in [1.29, 1.82) is 0 Å². The fourth-order valence-electron chi connectivity index (χ4n) is 2.44. The Hall–Kier alpha value is -0.650. The Morgan fingerprint density at radius 1 is 1.43 bits per heavy atom. The van der Waals surface area contributed by atoms with Gasteiger partial charge in [0.1, 0.15) is 0 Å². The van der Waals surface area contributed by atoms with Crippen molar-refractivity contribution in [2.75, 3.05) is 19.8 Å². The highest BCUT2D eigenvalue weighted by atomic mass is 35.5. The maximum atomic E-state index is 9.93. The molecule has 5 heteroatoms. The lowest BCUT2D eigenvalue weighted by molar-refractivity contribution is 0.00288. The van der Waals surface area contributed by atoms with Crippen LogP contribution in [0, 0.1) is 0 Å². The van der Waals surface area contributed by atoms with Crippen molar-refractivity contribution in [2.45, 2.75) is 44.6 Å². The molecule has 0 aliphatic carbocycles. The minimum absolute atomic E-state index is 0.301. The molecule has 2 rings (SSSR count). The van der Waals surface area contributed by atoms with Gasteiger partial charge in [0.15, 0.2) is 0 Å². The SMILES string of the molecule is CC1CC(NCC(O)COCc2ccc(Cl)cc2)CCO1. The number of nitrogens with one attached hydrogen (secondary N) is 1. The molecule has 1 aliphatic rings. The van der Waals surface area contributed by atoms with E-state index >= 15 is 0 Å². The van der Waals surface area contributed by atoms with Gasteiger partial charge < -0.3 is 19.9 Å². The maximum absolute atomic E-state index is 9.93. The molecule has 4 nitrogen and oxygen atoms in total. The van der Waals surface area contributed by atoms with Gasteiger partial charge in [-0.1, -0.05) is 23.7 Å². The molecule has 3 unspecified atom stereocenters. The Morgan fingerprint density at radius 3 is 2.90 bits per heavy atom. The average Bonchev–Trinajstić information content (AvgIpc) is 2.47. The number of ether oxygens (including phenoxy) is 2. The molecule has 118 valence electrons. The van der Waals surface area contributed by atoms with Gasteiger partial charge in [0.2, 0.25) is 0 Å². The van der Waals surface area contributed by atoms with E-state index in [0.29, 0.717) is 36.9 Å². The van der Waals surface area contributed by atoms with Crippen molar-refractivity contribution < 1.29 is 14.6 Å². The summed E-state index contributed by atoms with van der Waals surface area (Å²) in [5.74, 6) is 0. The Morgan fingerprint density at radius 2 is 2.19 bits per heavy atom. The molecular weight excluding hydrogens is 290 g/mol. The lowest BCUT2D eigenvalue weighted by atomic mass is 10.0. The van der Waals surface area contributed by atoms with Crippen molar-refractivity contribution in [3.63, 3.8) is 0 Å². The van der Waals surface area contributed by atoms with E-state index in [0.717, 1.165) is 25.0 Å². The molecule has 1 heterocycles. The van der Waals surface area contributed by atoms with Crippen LogP contribution in [-0.4, -0.2) is 43.1 Å². The minimum Gasteiger partial charge on any atom is -0.389 e. The highest BCUT2D eigenvalue weighted by Crippen LogP contribution is 2.13. The number of rotatable bonds is 7. The van der Waals surface area contributed by atoms with Crippen LogP contribution >= 0.6 is 11.6 Å². The molecule has 0 bridgehead atoms. The van der Waals surface area contributed by atoms with Crippen LogP contribution in [0.4, 0.5) is 0 Å². The Bertz CT molecular complexity index is 412. The van der Waals surface area contributed by atoms with Gasteiger partial charge in [0, 0.05) is 24.2 Å². The van der Waals surface area contributed by atoms with E-state index in [2.05, 4.69) is 12.2 Å². The second kappa shape index (κ2) is 8.71. The lowest BCUT2D eigenvalue weighted by Crippen LogP contribution is -2.42. The van der Waals surface area contributed by atoms with Gasteiger partial charge in [-0.3, -0.25) is 0 Å². The fourth-order valence-corrected chi connectivity index (χ4v) is 2.56. The van der Waals surface area contributed by atoms with Crippen molar-refractivity contribution in [2.24, 2.45) is 0 Å². The predicted octanol–water partition coefficient (Wildman–Crippen LogP) is 2.37. The summed E-state index contributed by atoms with van der Waals surface area (Å²) in [5.41, 5.74) is 1.05. The summed E-state index contributed by atoms with van der Waals surface area (Å²) in [6.45, 7) is 4.25. The molecule has 1 aromatic rings. The first-order valence-electron chi connectivity index (χ1n) is 7.48. The number of hydrogen-bond acceptors (Lipinski definition) is 4. The lowest BCUT2D eigenvalue weighted by Gasteiger charge is -2.28. The molecule has 0 spiro atoms. The molecule has 3 atom stereocenters. The summed E-state index contributed by atoms with van der Waals surface area (Å²) in [5, 5.41) is 14.0. The monoisotopic (exact) mass is 313 g/mol. The van der Waals surface area contributed by atoms with Crippen LogP contribution in [0.3, 0.4) is 0 Å². The number of hydrogen-bond donors (Lipinski definition) is 2. The Balaban J connectivity index is 1.59. The summed E-state index contributed by atoms with van der Waals surface area (Å²) >= 11 is 5.82. The van der Waals surface area contributed by atoms with Crippen molar-refractivity contribution in [3.8, 4) is 0 Å². The van der Waals surface area contributed by atoms with Crippen LogP contribution in [-0.2, 0) is 16.1 Å². The zero-order valence-corrected chi connectivity index (χ0v) is 13.2. The largest absolute Gasteiger partial charge is 0.389 e. The molecule has 1 aliphatic heterocycles.